The van der Waals surface area contributed by atoms with Gasteiger partial charge in [-0.2, -0.15) is 0 Å². The topological polar surface area (TPSA) is 103 Å². The molecule has 1 aliphatic rings. The predicted octanol–water partition coefficient (Wildman–Crippen LogP) is 2.02. The maximum atomic E-state index is 12.2. The molecule has 0 spiro atoms. The zero-order valence-corrected chi connectivity index (χ0v) is 15.3. The van der Waals surface area contributed by atoms with E-state index in [1.165, 1.54) is 26.2 Å². The number of nitrogens with one attached hydrogen (secondary N) is 2. The Balaban J connectivity index is 1.94. The SMILES string of the molecule is COc1cc(C(=O)OC(C)C(=O)NC(=O)NC2CC2)ccc1OC(C)C. The summed E-state index contributed by atoms with van der Waals surface area (Å²) in [6, 6.07) is 4.14. The first kappa shape index (κ1) is 19.6. The number of hydrogen-bond donors (Lipinski definition) is 2. The Hall–Kier alpha value is -2.77. The zero-order valence-electron chi connectivity index (χ0n) is 15.3. The summed E-state index contributed by atoms with van der Waals surface area (Å²) in [6.45, 7) is 5.15. The summed E-state index contributed by atoms with van der Waals surface area (Å²) in [7, 11) is 1.46. The van der Waals surface area contributed by atoms with E-state index in [0.29, 0.717) is 11.5 Å². The Morgan fingerprint density at radius 1 is 1.12 bits per heavy atom. The van der Waals surface area contributed by atoms with E-state index in [9.17, 15) is 14.4 Å². The van der Waals surface area contributed by atoms with Crippen LogP contribution in [0.15, 0.2) is 18.2 Å². The molecule has 0 heterocycles. The van der Waals surface area contributed by atoms with Crippen LogP contribution in [-0.2, 0) is 9.53 Å². The van der Waals surface area contributed by atoms with Gasteiger partial charge in [0.25, 0.3) is 5.91 Å². The summed E-state index contributed by atoms with van der Waals surface area (Å²) in [6.07, 6.45) is 0.645. The third kappa shape index (κ3) is 5.65. The van der Waals surface area contributed by atoms with Crippen molar-refractivity contribution in [2.24, 2.45) is 0 Å². The molecule has 1 fully saturated rings. The van der Waals surface area contributed by atoms with E-state index in [2.05, 4.69) is 10.6 Å². The molecule has 1 unspecified atom stereocenters. The molecule has 3 amide bonds. The lowest BCUT2D eigenvalue weighted by atomic mass is 10.2. The van der Waals surface area contributed by atoms with Crippen LogP contribution in [0.4, 0.5) is 4.79 Å². The van der Waals surface area contributed by atoms with Gasteiger partial charge >= 0.3 is 12.0 Å². The Kier molecular flexibility index (Phi) is 6.43. The molecule has 8 nitrogen and oxygen atoms in total. The van der Waals surface area contributed by atoms with Crippen LogP contribution in [0.25, 0.3) is 0 Å². The molecule has 26 heavy (non-hydrogen) atoms. The predicted molar refractivity (Wildman–Crippen MR) is 93.3 cm³/mol. The number of esters is 1. The fourth-order valence-corrected chi connectivity index (χ4v) is 2.09. The maximum absolute atomic E-state index is 12.2. The van der Waals surface area contributed by atoms with Crippen LogP contribution < -0.4 is 20.1 Å². The monoisotopic (exact) mass is 364 g/mol. The number of methoxy groups -OCH3 is 1. The number of hydrogen-bond acceptors (Lipinski definition) is 6. The molecule has 0 aliphatic heterocycles. The van der Waals surface area contributed by atoms with E-state index in [0.717, 1.165) is 12.8 Å². The van der Waals surface area contributed by atoms with Gasteiger partial charge < -0.3 is 19.5 Å². The number of carbonyl (C=O) groups excluding carboxylic acids is 3. The van der Waals surface area contributed by atoms with E-state index in [-0.39, 0.29) is 17.7 Å². The van der Waals surface area contributed by atoms with E-state index in [1.807, 2.05) is 13.8 Å². The molecule has 2 N–H and O–H groups in total. The summed E-state index contributed by atoms with van der Waals surface area (Å²) in [5.74, 6) is -0.511. The van der Waals surface area contributed by atoms with Crippen molar-refractivity contribution >= 4 is 17.9 Å². The molecule has 0 aromatic heterocycles. The molecule has 142 valence electrons. The Bertz CT molecular complexity index is 684. The van der Waals surface area contributed by atoms with Crippen molar-refractivity contribution in [3.8, 4) is 11.5 Å². The summed E-state index contributed by atoms with van der Waals surface area (Å²) in [5, 5.41) is 4.77. The molecule has 8 heteroatoms. The van der Waals surface area contributed by atoms with Crippen molar-refractivity contribution in [2.45, 2.75) is 51.9 Å². The van der Waals surface area contributed by atoms with E-state index < -0.39 is 24.0 Å². The molecular weight excluding hydrogens is 340 g/mol. The quantitative estimate of drug-likeness (QED) is 0.718. The summed E-state index contributed by atoms with van der Waals surface area (Å²) >= 11 is 0. The largest absolute Gasteiger partial charge is 0.493 e. The van der Waals surface area contributed by atoms with Gasteiger partial charge in [0.2, 0.25) is 0 Å². The van der Waals surface area contributed by atoms with Gasteiger partial charge in [0.15, 0.2) is 17.6 Å². The first-order valence-electron chi connectivity index (χ1n) is 8.47. The fraction of sp³-hybridized carbons (Fsp3) is 0.500. The number of ether oxygens (including phenoxy) is 3. The van der Waals surface area contributed by atoms with Crippen LogP contribution in [0.3, 0.4) is 0 Å². The molecule has 2 rings (SSSR count). The van der Waals surface area contributed by atoms with Crippen LogP contribution in [0.5, 0.6) is 11.5 Å². The first-order chi connectivity index (χ1) is 12.3. The Morgan fingerprint density at radius 2 is 1.81 bits per heavy atom. The Labute approximate surface area is 152 Å². The molecule has 0 bridgehead atoms. The van der Waals surface area contributed by atoms with Gasteiger partial charge in [-0.3, -0.25) is 10.1 Å². The van der Waals surface area contributed by atoms with E-state index >= 15 is 0 Å². The highest BCUT2D eigenvalue weighted by atomic mass is 16.5. The van der Waals surface area contributed by atoms with Crippen LogP contribution in [-0.4, -0.2) is 43.3 Å². The van der Waals surface area contributed by atoms with E-state index in [4.69, 9.17) is 14.2 Å². The average molecular weight is 364 g/mol. The highest BCUT2D eigenvalue weighted by Crippen LogP contribution is 2.29. The van der Waals surface area contributed by atoms with Crippen LogP contribution >= 0.6 is 0 Å². The fourth-order valence-electron chi connectivity index (χ4n) is 2.09. The second-order valence-electron chi connectivity index (χ2n) is 6.32. The van der Waals surface area contributed by atoms with Gasteiger partial charge in [-0.1, -0.05) is 0 Å². The molecule has 1 aromatic rings. The minimum atomic E-state index is -1.12. The molecule has 0 radical (unpaired) electrons. The highest BCUT2D eigenvalue weighted by Gasteiger charge is 2.26. The minimum Gasteiger partial charge on any atom is -0.493 e. The van der Waals surface area contributed by atoms with Crippen LogP contribution in [0, 0.1) is 0 Å². The molecular formula is C18H24N2O6. The van der Waals surface area contributed by atoms with Crippen LogP contribution in [0.1, 0.15) is 44.0 Å². The van der Waals surface area contributed by atoms with Crippen molar-refractivity contribution in [2.75, 3.05) is 7.11 Å². The van der Waals surface area contributed by atoms with Crippen molar-refractivity contribution in [1.82, 2.24) is 10.6 Å². The third-order valence-electron chi connectivity index (χ3n) is 3.56. The number of imide groups is 1. The lowest BCUT2D eigenvalue weighted by Crippen LogP contribution is -2.45. The van der Waals surface area contributed by atoms with Crippen molar-refractivity contribution in [1.29, 1.82) is 0 Å². The zero-order chi connectivity index (χ0) is 19.3. The number of benzene rings is 1. The lowest BCUT2D eigenvalue weighted by Gasteiger charge is -2.16. The van der Waals surface area contributed by atoms with Gasteiger partial charge in [0, 0.05) is 6.04 Å². The van der Waals surface area contributed by atoms with Gasteiger partial charge in [-0.15, -0.1) is 0 Å². The van der Waals surface area contributed by atoms with Crippen molar-refractivity contribution in [3.63, 3.8) is 0 Å². The van der Waals surface area contributed by atoms with Gasteiger partial charge in [0.1, 0.15) is 0 Å². The van der Waals surface area contributed by atoms with Crippen molar-refractivity contribution in [3.05, 3.63) is 23.8 Å². The summed E-state index contributed by atoms with van der Waals surface area (Å²) in [4.78, 5) is 35.7. The van der Waals surface area contributed by atoms with E-state index in [1.54, 1.807) is 6.07 Å². The first-order valence-corrected chi connectivity index (χ1v) is 8.47. The summed E-state index contributed by atoms with van der Waals surface area (Å²) in [5.41, 5.74) is 0.208. The second kappa shape index (κ2) is 8.55. The third-order valence-corrected chi connectivity index (χ3v) is 3.56. The molecule has 1 aromatic carbocycles. The van der Waals surface area contributed by atoms with Crippen LogP contribution in [0.2, 0.25) is 0 Å². The second-order valence-corrected chi connectivity index (χ2v) is 6.32. The van der Waals surface area contributed by atoms with Gasteiger partial charge in [-0.25, -0.2) is 9.59 Å². The molecule has 0 saturated heterocycles. The van der Waals surface area contributed by atoms with Crippen molar-refractivity contribution < 1.29 is 28.6 Å². The standard InChI is InChI=1S/C18H24N2O6/c1-10(2)25-14-8-5-12(9-15(14)24-4)17(22)26-11(3)16(21)20-18(23)19-13-6-7-13/h5,8-11,13H,6-7H2,1-4H3,(H2,19,20,21,23). The summed E-state index contributed by atoms with van der Waals surface area (Å²) < 4.78 is 15.9. The number of urea groups is 1. The highest BCUT2D eigenvalue weighted by molar-refractivity contribution is 5.98. The number of carbonyl (C=O) groups is 3. The lowest BCUT2D eigenvalue weighted by molar-refractivity contribution is -0.127. The average Bonchev–Trinajstić information content (AvgIpc) is 3.38. The molecule has 1 aliphatic carbocycles. The smallest absolute Gasteiger partial charge is 0.339 e. The minimum absolute atomic E-state index is 0.0489. The Morgan fingerprint density at radius 3 is 2.38 bits per heavy atom. The van der Waals surface area contributed by atoms with Gasteiger partial charge in [-0.05, 0) is 51.8 Å². The van der Waals surface area contributed by atoms with Gasteiger partial charge in [0.05, 0.1) is 18.8 Å². The molecule has 1 atom stereocenters. The number of amides is 3. The molecule has 1 saturated carbocycles. The normalized spacial score (nSPS) is 14.3. The number of rotatable bonds is 7. The maximum Gasteiger partial charge on any atom is 0.339 e.